The van der Waals surface area contributed by atoms with Crippen LogP contribution < -0.4 is 5.32 Å². The highest BCUT2D eigenvalue weighted by Crippen LogP contribution is 2.02. The summed E-state index contributed by atoms with van der Waals surface area (Å²) in [5.41, 5.74) is 0. The average Bonchev–Trinajstić information content (AvgIpc) is 2.14. The second-order valence-electron chi connectivity index (χ2n) is 3.69. The van der Waals surface area contributed by atoms with E-state index in [0.717, 1.165) is 19.2 Å². The van der Waals surface area contributed by atoms with Gasteiger partial charge in [0.05, 0.1) is 0 Å². The van der Waals surface area contributed by atoms with Crippen molar-refractivity contribution in [2.24, 2.45) is 0 Å². The largest absolute Gasteiger partial charge is 0.345 e. The lowest BCUT2D eigenvalue weighted by Gasteiger charge is -2.20. The van der Waals surface area contributed by atoms with E-state index in [4.69, 9.17) is 0 Å². The Labute approximate surface area is 91.8 Å². The van der Waals surface area contributed by atoms with E-state index in [1.807, 2.05) is 7.05 Å². The minimum absolute atomic E-state index is 0.339. The van der Waals surface area contributed by atoms with Crippen LogP contribution in [0.5, 0.6) is 0 Å². The van der Waals surface area contributed by atoms with Crippen molar-refractivity contribution < 1.29 is 13.2 Å². The van der Waals surface area contributed by atoms with E-state index in [9.17, 15) is 13.2 Å². The van der Waals surface area contributed by atoms with Gasteiger partial charge in [-0.25, -0.2) is 8.42 Å². The molecule has 1 amide bonds. The number of carbonyl (C=O) groups excluding carboxylic acids is 1. The van der Waals surface area contributed by atoms with Crippen molar-refractivity contribution in [3.05, 3.63) is 0 Å². The standard InChI is InChI=1S/C9H20N2O3S/c1-8(15(4,13)14)9(12)11(3)7-5-6-10-2/h8,10H,5-7H2,1-4H3. The normalized spacial score (nSPS) is 13.6. The van der Waals surface area contributed by atoms with E-state index in [1.165, 1.54) is 11.8 Å². The fourth-order valence-corrected chi connectivity index (χ4v) is 1.64. The molecule has 1 N–H and O–H groups in total. The predicted molar refractivity (Wildman–Crippen MR) is 60.5 cm³/mol. The summed E-state index contributed by atoms with van der Waals surface area (Å²) in [5.74, 6) is -0.339. The maximum Gasteiger partial charge on any atom is 0.240 e. The van der Waals surface area contributed by atoms with Gasteiger partial charge < -0.3 is 10.2 Å². The average molecular weight is 236 g/mol. The Morgan fingerprint density at radius 3 is 2.40 bits per heavy atom. The van der Waals surface area contributed by atoms with Crippen LogP contribution in [0.25, 0.3) is 0 Å². The molecule has 5 nitrogen and oxygen atoms in total. The molecule has 0 aromatic heterocycles. The molecule has 1 unspecified atom stereocenters. The van der Waals surface area contributed by atoms with Crippen molar-refractivity contribution in [2.75, 3.05) is 33.4 Å². The maximum atomic E-state index is 11.6. The lowest BCUT2D eigenvalue weighted by Crippen LogP contribution is -2.39. The first-order chi connectivity index (χ1) is 6.80. The van der Waals surface area contributed by atoms with E-state index < -0.39 is 15.1 Å². The van der Waals surface area contributed by atoms with Crippen LogP contribution in [0.4, 0.5) is 0 Å². The molecule has 0 aromatic carbocycles. The molecular formula is C9H20N2O3S. The third-order valence-corrected chi connectivity index (χ3v) is 3.77. The Morgan fingerprint density at radius 1 is 1.47 bits per heavy atom. The van der Waals surface area contributed by atoms with Crippen LogP contribution in [-0.4, -0.2) is 57.9 Å². The van der Waals surface area contributed by atoms with E-state index in [2.05, 4.69) is 5.32 Å². The molecule has 0 heterocycles. The molecule has 0 radical (unpaired) electrons. The van der Waals surface area contributed by atoms with Gasteiger partial charge in [-0.05, 0) is 26.9 Å². The summed E-state index contributed by atoms with van der Waals surface area (Å²) in [6.45, 7) is 2.80. The van der Waals surface area contributed by atoms with Gasteiger partial charge >= 0.3 is 0 Å². The summed E-state index contributed by atoms with van der Waals surface area (Å²) in [5, 5.41) is 2.02. The molecule has 6 heteroatoms. The second-order valence-corrected chi connectivity index (χ2v) is 6.05. The Kier molecular flexibility index (Phi) is 5.82. The summed E-state index contributed by atoms with van der Waals surface area (Å²) in [6, 6.07) is 0. The van der Waals surface area contributed by atoms with Crippen LogP contribution >= 0.6 is 0 Å². The fraction of sp³-hybridized carbons (Fsp3) is 0.889. The summed E-state index contributed by atoms with van der Waals surface area (Å²) in [6.07, 6.45) is 1.90. The molecule has 15 heavy (non-hydrogen) atoms. The molecule has 0 bridgehead atoms. The lowest BCUT2D eigenvalue weighted by atomic mass is 10.3. The van der Waals surface area contributed by atoms with Crippen molar-refractivity contribution in [3.8, 4) is 0 Å². The first-order valence-corrected chi connectivity index (χ1v) is 6.84. The minimum atomic E-state index is -3.28. The zero-order chi connectivity index (χ0) is 12.1. The van der Waals surface area contributed by atoms with Crippen LogP contribution in [0.1, 0.15) is 13.3 Å². The molecule has 90 valence electrons. The molecule has 0 spiro atoms. The lowest BCUT2D eigenvalue weighted by molar-refractivity contribution is -0.129. The fourth-order valence-electron chi connectivity index (χ4n) is 1.10. The number of rotatable bonds is 6. The van der Waals surface area contributed by atoms with Gasteiger partial charge in [0.1, 0.15) is 5.25 Å². The molecule has 0 rings (SSSR count). The van der Waals surface area contributed by atoms with E-state index in [-0.39, 0.29) is 5.91 Å². The first-order valence-electron chi connectivity index (χ1n) is 4.89. The highest BCUT2D eigenvalue weighted by molar-refractivity contribution is 7.92. The number of carbonyl (C=O) groups is 1. The van der Waals surface area contributed by atoms with E-state index in [0.29, 0.717) is 6.54 Å². The second kappa shape index (κ2) is 6.07. The topological polar surface area (TPSA) is 66.5 Å². The summed E-state index contributed by atoms with van der Waals surface area (Å²) in [7, 11) is 0.174. The minimum Gasteiger partial charge on any atom is -0.345 e. The molecule has 0 aliphatic heterocycles. The quantitative estimate of drug-likeness (QED) is 0.631. The Balaban J connectivity index is 4.21. The number of nitrogens with one attached hydrogen (secondary N) is 1. The highest BCUT2D eigenvalue weighted by Gasteiger charge is 2.25. The van der Waals surface area contributed by atoms with Crippen LogP contribution in [0.2, 0.25) is 0 Å². The molecule has 1 atom stereocenters. The van der Waals surface area contributed by atoms with Crippen LogP contribution in [0.3, 0.4) is 0 Å². The Morgan fingerprint density at radius 2 is 2.00 bits per heavy atom. The molecule has 0 aromatic rings. The van der Waals surface area contributed by atoms with Crippen molar-refractivity contribution in [1.82, 2.24) is 10.2 Å². The van der Waals surface area contributed by atoms with Gasteiger partial charge in [-0.1, -0.05) is 0 Å². The van der Waals surface area contributed by atoms with E-state index in [1.54, 1.807) is 7.05 Å². The smallest absolute Gasteiger partial charge is 0.240 e. The van der Waals surface area contributed by atoms with Gasteiger partial charge in [0, 0.05) is 19.8 Å². The molecule has 0 aliphatic rings. The number of amides is 1. The van der Waals surface area contributed by atoms with Crippen LogP contribution in [0, 0.1) is 0 Å². The van der Waals surface area contributed by atoms with E-state index >= 15 is 0 Å². The summed E-state index contributed by atoms with van der Waals surface area (Å²) >= 11 is 0. The number of nitrogens with zero attached hydrogens (tertiary/aromatic N) is 1. The van der Waals surface area contributed by atoms with Crippen molar-refractivity contribution in [2.45, 2.75) is 18.6 Å². The molecule has 0 saturated carbocycles. The van der Waals surface area contributed by atoms with Crippen molar-refractivity contribution in [1.29, 1.82) is 0 Å². The van der Waals surface area contributed by atoms with Crippen LogP contribution in [0.15, 0.2) is 0 Å². The number of hydrogen-bond acceptors (Lipinski definition) is 4. The predicted octanol–water partition coefficient (Wildman–Crippen LogP) is -0.513. The third kappa shape index (κ3) is 5.13. The SMILES string of the molecule is CNCCCN(C)C(=O)C(C)S(C)(=O)=O. The molecule has 0 aliphatic carbocycles. The van der Waals surface area contributed by atoms with Gasteiger partial charge in [-0.3, -0.25) is 4.79 Å². The Hall–Kier alpha value is -0.620. The van der Waals surface area contributed by atoms with Crippen LogP contribution in [-0.2, 0) is 14.6 Å². The van der Waals surface area contributed by atoms with Gasteiger partial charge in [-0.2, -0.15) is 0 Å². The molecular weight excluding hydrogens is 216 g/mol. The number of hydrogen-bond donors (Lipinski definition) is 1. The maximum absolute atomic E-state index is 11.6. The molecule has 0 saturated heterocycles. The Bertz CT molecular complexity index is 300. The van der Waals surface area contributed by atoms with Crippen molar-refractivity contribution >= 4 is 15.7 Å². The summed E-state index contributed by atoms with van der Waals surface area (Å²) in [4.78, 5) is 13.1. The summed E-state index contributed by atoms with van der Waals surface area (Å²) < 4.78 is 22.3. The van der Waals surface area contributed by atoms with Crippen molar-refractivity contribution in [3.63, 3.8) is 0 Å². The number of sulfone groups is 1. The highest BCUT2D eigenvalue weighted by atomic mass is 32.2. The third-order valence-electron chi connectivity index (χ3n) is 2.29. The van der Waals surface area contributed by atoms with Gasteiger partial charge in [0.2, 0.25) is 5.91 Å². The molecule has 0 fully saturated rings. The monoisotopic (exact) mass is 236 g/mol. The zero-order valence-electron chi connectivity index (χ0n) is 9.78. The zero-order valence-corrected chi connectivity index (χ0v) is 10.6. The first kappa shape index (κ1) is 14.4. The van der Waals surface area contributed by atoms with Gasteiger partial charge in [0.15, 0.2) is 9.84 Å². The van der Waals surface area contributed by atoms with Gasteiger partial charge in [0.25, 0.3) is 0 Å². The van der Waals surface area contributed by atoms with Gasteiger partial charge in [-0.15, -0.1) is 0 Å².